The number of hydrogen-bond donors (Lipinski definition) is 1. The van der Waals surface area contributed by atoms with Crippen molar-refractivity contribution in [1.82, 2.24) is 4.90 Å². The number of carbonyl (C=O) groups excluding carboxylic acids is 1. The van der Waals surface area contributed by atoms with Crippen LogP contribution >= 0.6 is 0 Å². The molecule has 1 aromatic carbocycles. The second-order valence-electron chi connectivity index (χ2n) is 5.69. The number of rotatable bonds is 2. The molecule has 3 atom stereocenters. The van der Waals surface area contributed by atoms with E-state index >= 15 is 0 Å². The number of aliphatic carboxylic acids is 1. The summed E-state index contributed by atoms with van der Waals surface area (Å²) in [6, 6.07) is 8.15. The van der Waals surface area contributed by atoms with Gasteiger partial charge in [-0.1, -0.05) is 24.3 Å². The molecule has 5 nitrogen and oxygen atoms in total. The van der Waals surface area contributed by atoms with Crippen molar-refractivity contribution >= 4 is 11.9 Å². The minimum absolute atomic E-state index is 0.00919. The summed E-state index contributed by atoms with van der Waals surface area (Å²) in [6.07, 6.45) is 0.275. The number of benzene rings is 1. The second kappa shape index (κ2) is 5.48. The Morgan fingerprint density at radius 3 is 2.67 bits per heavy atom. The quantitative estimate of drug-likeness (QED) is 0.901. The third-order valence-corrected chi connectivity index (χ3v) is 4.45. The van der Waals surface area contributed by atoms with Gasteiger partial charge in [0, 0.05) is 6.54 Å². The highest BCUT2D eigenvalue weighted by Crippen LogP contribution is 2.31. The summed E-state index contributed by atoms with van der Waals surface area (Å²) in [5.74, 6) is -1.07. The Labute approximate surface area is 123 Å². The zero-order valence-electron chi connectivity index (χ0n) is 12.0. The molecule has 21 heavy (non-hydrogen) atoms. The summed E-state index contributed by atoms with van der Waals surface area (Å²) in [5, 5.41) is 8.96. The molecular formula is C16H19NO4. The molecule has 1 amide bonds. The lowest BCUT2D eigenvalue weighted by atomic mass is 9.93. The van der Waals surface area contributed by atoms with Crippen LogP contribution in [0.3, 0.4) is 0 Å². The Hall–Kier alpha value is -1.88. The first-order valence-electron chi connectivity index (χ1n) is 7.34. The summed E-state index contributed by atoms with van der Waals surface area (Å²) in [6.45, 7) is 2.67. The van der Waals surface area contributed by atoms with E-state index in [4.69, 9.17) is 9.84 Å². The number of hydrogen-bond acceptors (Lipinski definition) is 3. The smallest absolute Gasteiger partial charge is 0.332 e. The zero-order valence-corrected chi connectivity index (χ0v) is 12.0. The number of carbonyl (C=O) groups is 2. The van der Waals surface area contributed by atoms with E-state index < -0.39 is 18.2 Å². The fourth-order valence-corrected chi connectivity index (χ4v) is 3.26. The summed E-state index contributed by atoms with van der Waals surface area (Å²) >= 11 is 0. The minimum atomic E-state index is -0.984. The van der Waals surface area contributed by atoms with Crippen molar-refractivity contribution in [3.8, 4) is 0 Å². The lowest BCUT2D eigenvalue weighted by Gasteiger charge is -2.36. The molecular weight excluding hydrogens is 270 g/mol. The van der Waals surface area contributed by atoms with Crippen molar-refractivity contribution in [2.45, 2.75) is 44.4 Å². The van der Waals surface area contributed by atoms with Crippen LogP contribution in [0.1, 0.15) is 36.9 Å². The fourth-order valence-electron chi connectivity index (χ4n) is 3.26. The maximum atomic E-state index is 12.6. The predicted octanol–water partition coefficient (Wildman–Crippen LogP) is 1.76. The molecule has 1 saturated heterocycles. The number of amides is 1. The lowest BCUT2D eigenvalue weighted by Crippen LogP contribution is -2.44. The van der Waals surface area contributed by atoms with Gasteiger partial charge in [-0.2, -0.15) is 0 Å². The SMILES string of the molecule is CC1c2ccccc2CCN1C(=O)[C@@H]1CC[C@H](C(=O)O)O1. The fraction of sp³-hybridized carbons (Fsp3) is 0.500. The molecule has 1 unspecified atom stereocenters. The van der Waals surface area contributed by atoms with Crippen molar-refractivity contribution in [3.05, 3.63) is 35.4 Å². The topological polar surface area (TPSA) is 66.8 Å². The van der Waals surface area contributed by atoms with Gasteiger partial charge in [0.2, 0.25) is 0 Å². The highest BCUT2D eigenvalue weighted by Gasteiger charge is 2.39. The lowest BCUT2D eigenvalue weighted by molar-refractivity contribution is -0.155. The Bertz CT molecular complexity index is 571. The van der Waals surface area contributed by atoms with Crippen LogP contribution in [0.25, 0.3) is 0 Å². The summed E-state index contributed by atoms with van der Waals surface area (Å²) in [4.78, 5) is 25.3. The van der Waals surface area contributed by atoms with E-state index in [1.165, 1.54) is 11.1 Å². The van der Waals surface area contributed by atoms with Gasteiger partial charge in [0.15, 0.2) is 6.10 Å². The molecule has 0 saturated carbocycles. The normalized spacial score (nSPS) is 28.2. The first kappa shape index (κ1) is 14.1. The maximum absolute atomic E-state index is 12.6. The second-order valence-corrected chi connectivity index (χ2v) is 5.69. The Kier molecular flexibility index (Phi) is 3.68. The molecule has 0 aliphatic carbocycles. The van der Waals surface area contributed by atoms with Crippen molar-refractivity contribution in [2.24, 2.45) is 0 Å². The molecule has 112 valence electrons. The first-order valence-corrected chi connectivity index (χ1v) is 7.34. The molecule has 1 aromatic rings. The van der Waals surface area contributed by atoms with E-state index in [9.17, 15) is 9.59 Å². The van der Waals surface area contributed by atoms with E-state index in [1.807, 2.05) is 24.0 Å². The molecule has 1 fully saturated rings. The Morgan fingerprint density at radius 2 is 1.95 bits per heavy atom. The number of ether oxygens (including phenoxy) is 1. The molecule has 2 aliphatic rings. The molecule has 0 bridgehead atoms. The standard InChI is InChI=1S/C16H19NO4/c1-10-12-5-3-2-4-11(12)8-9-17(10)15(18)13-6-7-14(21-13)16(19)20/h2-5,10,13-14H,6-9H2,1H3,(H,19,20)/t10?,13-,14+/m0/s1. The van der Waals surface area contributed by atoms with Gasteiger partial charge in [-0.3, -0.25) is 4.79 Å². The average Bonchev–Trinajstić information content (AvgIpc) is 2.97. The monoisotopic (exact) mass is 289 g/mol. The zero-order chi connectivity index (χ0) is 15.0. The number of fused-ring (bicyclic) bond motifs is 1. The van der Waals surface area contributed by atoms with Crippen LogP contribution in [-0.2, 0) is 20.7 Å². The third kappa shape index (κ3) is 2.53. The largest absolute Gasteiger partial charge is 0.479 e. The van der Waals surface area contributed by atoms with Gasteiger partial charge in [-0.25, -0.2) is 4.79 Å². The van der Waals surface area contributed by atoms with Gasteiger partial charge in [-0.15, -0.1) is 0 Å². The van der Waals surface area contributed by atoms with Gasteiger partial charge < -0.3 is 14.7 Å². The van der Waals surface area contributed by atoms with Crippen LogP contribution in [0, 0.1) is 0 Å². The molecule has 2 aliphatic heterocycles. The van der Waals surface area contributed by atoms with Crippen LogP contribution in [0.15, 0.2) is 24.3 Å². The third-order valence-electron chi connectivity index (χ3n) is 4.45. The number of carboxylic acid groups (broad SMARTS) is 1. The highest BCUT2D eigenvalue weighted by atomic mass is 16.5. The van der Waals surface area contributed by atoms with Gasteiger partial charge in [0.05, 0.1) is 6.04 Å². The van der Waals surface area contributed by atoms with Crippen molar-refractivity contribution in [3.63, 3.8) is 0 Å². The van der Waals surface area contributed by atoms with Gasteiger partial charge >= 0.3 is 5.97 Å². The summed E-state index contributed by atoms with van der Waals surface area (Å²) < 4.78 is 5.38. The highest BCUT2D eigenvalue weighted by molar-refractivity contribution is 5.83. The molecule has 0 spiro atoms. The van der Waals surface area contributed by atoms with E-state index in [1.54, 1.807) is 0 Å². The average molecular weight is 289 g/mol. The van der Waals surface area contributed by atoms with Gasteiger partial charge in [0.1, 0.15) is 6.10 Å². The van der Waals surface area contributed by atoms with E-state index in [0.717, 1.165) is 6.42 Å². The Balaban J connectivity index is 1.74. The van der Waals surface area contributed by atoms with Crippen LogP contribution in [0.5, 0.6) is 0 Å². The first-order chi connectivity index (χ1) is 10.1. The molecule has 0 aromatic heterocycles. The van der Waals surface area contributed by atoms with Crippen molar-refractivity contribution in [1.29, 1.82) is 0 Å². The number of carboxylic acids is 1. The van der Waals surface area contributed by atoms with Crippen LogP contribution in [-0.4, -0.2) is 40.6 Å². The van der Waals surface area contributed by atoms with Crippen LogP contribution in [0.2, 0.25) is 0 Å². The minimum Gasteiger partial charge on any atom is -0.479 e. The molecule has 5 heteroatoms. The summed E-state index contributed by atoms with van der Waals surface area (Å²) in [7, 11) is 0. The molecule has 1 N–H and O–H groups in total. The molecule has 3 rings (SSSR count). The Morgan fingerprint density at radius 1 is 1.24 bits per heavy atom. The molecule has 0 radical (unpaired) electrons. The summed E-state index contributed by atoms with van der Waals surface area (Å²) in [5.41, 5.74) is 2.45. The predicted molar refractivity (Wildman–Crippen MR) is 75.8 cm³/mol. The maximum Gasteiger partial charge on any atom is 0.332 e. The van der Waals surface area contributed by atoms with Gasteiger partial charge in [-0.05, 0) is 37.3 Å². The van der Waals surface area contributed by atoms with Gasteiger partial charge in [0.25, 0.3) is 5.91 Å². The van der Waals surface area contributed by atoms with Crippen LogP contribution in [0.4, 0.5) is 0 Å². The van der Waals surface area contributed by atoms with Crippen LogP contribution < -0.4 is 0 Å². The van der Waals surface area contributed by atoms with E-state index in [2.05, 4.69) is 12.1 Å². The number of nitrogens with zero attached hydrogens (tertiary/aromatic N) is 1. The van der Waals surface area contributed by atoms with E-state index in [0.29, 0.717) is 19.4 Å². The van der Waals surface area contributed by atoms with Crippen molar-refractivity contribution < 1.29 is 19.4 Å². The van der Waals surface area contributed by atoms with E-state index in [-0.39, 0.29) is 11.9 Å². The molecule has 2 heterocycles. The van der Waals surface area contributed by atoms with Crippen molar-refractivity contribution in [2.75, 3.05) is 6.54 Å².